The lowest BCUT2D eigenvalue weighted by Crippen LogP contribution is -2.32. The maximum atomic E-state index is 5.67. The van der Waals surface area contributed by atoms with Crippen LogP contribution in [0.3, 0.4) is 0 Å². The van der Waals surface area contributed by atoms with Gasteiger partial charge in [0.1, 0.15) is 18.1 Å². The molecular weight excluding hydrogens is 320 g/mol. The SMILES string of the molecule is CCOc1ccc(OCCNC(=S)Nc2cc(C)cc(C)c2)cc1. The van der Waals surface area contributed by atoms with Gasteiger partial charge in [-0.15, -0.1) is 0 Å². The van der Waals surface area contributed by atoms with Crippen LogP contribution in [-0.4, -0.2) is 24.9 Å². The smallest absolute Gasteiger partial charge is 0.170 e. The van der Waals surface area contributed by atoms with E-state index in [0.717, 1.165) is 17.2 Å². The van der Waals surface area contributed by atoms with Gasteiger partial charge in [0.2, 0.25) is 0 Å². The maximum Gasteiger partial charge on any atom is 0.170 e. The van der Waals surface area contributed by atoms with E-state index >= 15 is 0 Å². The van der Waals surface area contributed by atoms with Crippen LogP contribution in [0.1, 0.15) is 18.1 Å². The minimum absolute atomic E-state index is 0.530. The maximum absolute atomic E-state index is 5.67. The van der Waals surface area contributed by atoms with Crippen molar-refractivity contribution in [2.75, 3.05) is 25.1 Å². The topological polar surface area (TPSA) is 42.5 Å². The second kappa shape index (κ2) is 9.13. The van der Waals surface area contributed by atoms with Crippen LogP contribution in [0.5, 0.6) is 11.5 Å². The molecular formula is C19H24N2O2S. The molecule has 0 unspecified atom stereocenters. The third kappa shape index (κ3) is 6.08. The summed E-state index contributed by atoms with van der Waals surface area (Å²) in [5, 5.41) is 6.93. The minimum Gasteiger partial charge on any atom is -0.494 e. The van der Waals surface area contributed by atoms with Crippen molar-refractivity contribution in [2.45, 2.75) is 20.8 Å². The van der Waals surface area contributed by atoms with Crippen molar-refractivity contribution in [3.63, 3.8) is 0 Å². The van der Waals surface area contributed by atoms with Crippen LogP contribution in [0.2, 0.25) is 0 Å². The highest BCUT2D eigenvalue weighted by Gasteiger charge is 2.00. The van der Waals surface area contributed by atoms with Crippen LogP contribution in [0, 0.1) is 13.8 Å². The molecule has 0 aliphatic carbocycles. The van der Waals surface area contributed by atoms with E-state index in [-0.39, 0.29) is 0 Å². The van der Waals surface area contributed by atoms with E-state index in [1.165, 1.54) is 11.1 Å². The van der Waals surface area contributed by atoms with E-state index in [4.69, 9.17) is 21.7 Å². The Bertz CT molecular complexity index is 651. The Morgan fingerprint density at radius 1 is 0.958 bits per heavy atom. The number of rotatable bonds is 7. The van der Waals surface area contributed by atoms with Crippen LogP contribution in [0.25, 0.3) is 0 Å². The Hall–Kier alpha value is -2.27. The molecule has 0 aliphatic rings. The number of hydrogen-bond donors (Lipinski definition) is 2. The monoisotopic (exact) mass is 344 g/mol. The highest BCUT2D eigenvalue weighted by molar-refractivity contribution is 7.80. The molecule has 0 saturated heterocycles. The molecule has 0 fully saturated rings. The fourth-order valence-electron chi connectivity index (χ4n) is 2.35. The molecule has 5 heteroatoms. The molecule has 0 amide bonds. The van der Waals surface area contributed by atoms with E-state index in [1.807, 2.05) is 31.2 Å². The third-order valence-corrected chi connectivity index (χ3v) is 3.52. The standard InChI is InChI=1S/C19H24N2O2S/c1-4-22-17-5-7-18(8-6-17)23-10-9-20-19(24)21-16-12-14(2)11-15(3)13-16/h5-8,11-13H,4,9-10H2,1-3H3,(H2,20,21,24). The van der Waals surface area contributed by atoms with Crippen LogP contribution >= 0.6 is 12.2 Å². The number of hydrogen-bond acceptors (Lipinski definition) is 3. The molecule has 0 aliphatic heterocycles. The molecule has 128 valence electrons. The van der Waals surface area contributed by atoms with Gasteiger partial charge in [0, 0.05) is 5.69 Å². The van der Waals surface area contributed by atoms with Crippen molar-refractivity contribution < 1.29 is 9.47 Å². The average molecular weight is 344 g/mol. The minimum atomic E-state index is 0.530. The van der Waals surface area contributed by atoms with Crippen LogP contribution in [0.4, 0.5) is 5.69 Å². The molecule has 0 saturated carbocycles. The van der Waals surface area contributed by atoms with Gasteiger partial charge >= 0.3 is 0 Å². The molecule has 0 radical (unpaired) electrons. The highest BCUT2D eigenvalue weighted by atomic mass is 32.1. The molecule has 0 bridgehead atoms. The van der Waals surface area contributed by atoms with Gasteiger partial charge in [0.25, 0.3) is 0 Å². The zero-order valence-electron chi connectivity index (χ0n) is 14.4. The number of thiocarbonyl (C=S) groups is 1. The number of aryl methyl sites for hydroxylation is 2. The third-order valence-electron chi connectivity index (χ3n) is 3.27. The molecule has 2 aromatic rings. The first-order valence-corrected chi connectivity index (χ1v) is 8.46. The average Bonchev–Trinajstić information content (AvgIpc) is 2.52. The van der Waals surface area contributed by atoms with Crippen molar-refractivity contribution in [3.05, 3.63) is 53.6 Å². The number of nitrogens with one attached hydrogen (secondary N) is 2. The first-order chi connectivity index (χ1) is 11.6. The van der Waals surface area contributed by atoms with Crippen molar-refractivity contribution in [1.29, 1.82) is 0 Å². The molecule has 24 heavy (non-hydrogen) atoms. The van der Waals surface area contributed by atoms with E-state index < -0.39 is 0 Å². The van der Waals surface area contributed by atoms with Crippen LogP contribution < -0.4 is 20.1 Å². The van der Waals surface area contributed by atoms with Crippen LogP contribution in [0.15, 0.2) is 42.5 Å². The summed E-state index contributed by atoms with van der Waals surface area (Å²) in [7, 11) is 0. The lowest BCUT2D eigenvalue weighted by Gasteiger charge is -2.12. The van der Waals surface area contributed by atoms with E-state index in [2.05, 4.69) is 42.7 Å². The number of anilines is 1. The zero-order chi connectivity index (χ0) is 17.4. The molecule has 0 spiro atoms. The highest BCUT2D eigenvalue weighted by Crippen LogP contribution is 2.17. The summed E-state index contributed by atoms with van der Waals surface area (Å²) < 4.78 is 11.1. The Labute approximate surface area is 149 Å². The molecule has 2 N–H and O–H groups in total. The molecule has 0 atom stereocenters. The lowest BCUT2D eigenvalue weighted by atomic mass is 10.1. The zero-order valence-corrected chi connectivity index (χ0v) is 15.2. The van der Waals surface area contributed by atoms with Crippen molar-refractivity contribution in [3.8, 4) is 11.5 Å². The number of benzene rings is 2. The van der Waals surface area contributed by atoms with Gasteiger partial charge in [0.05, 0.1) is 13.2 Å². The normalized spacial score (nSPS) is 10.1. The number of ether oxygens (including phenoxy) is 2. The second-order valence-corrected chi connectivity index (χ2v) is 5.92. The summed E-state index contributed by atoms with van der Waals surface area (Å²) in [5.74, 6) is 1.66. The van der Waals surface area contributed by atoms with Gasteiger partial charge in [0.15, 0.2) is 5.11 Å². The molecule has 0 aromatic heterocycles. The fourth-order valence-corrected chi connectivity index (χ4v) is 2.57. The predicted molar refractivity (Wildman–Crippen MR) is 103 cm³/mol. The van der Waals surface area contributed by atoms with Crippen LogP contribution in [-0.2, 0) is 0 Å². The largest absolute Gasteiger partial charge is 0.494 e. The molecule has 2 aromatic carbocycles. The fraction of sp³-hybridized carbons (Fsp3) is 0.316. The second-order valence-electron chi connectivity index (χ2n) is 5.51. The summed E-state index contributed by atoms with van der Waals surface area (Å²) in [6, 6.07) is 13.9. The van der Waals surface area contributed by atoms with Gasteiger partial charge in [-0.1, -0.05) is 6.07 Å². The Morgan fingerprint density at radius 2 is 1.54 bits per heavy atom. The summed E-state index contributed by atoms with van der Waals surface area (Å²) in [5.41, 5.74) is 3.41. The molecule has 2 rings (SSSR count). The first kappa shape index (κ1) is 18.1. The molecule has 4 nitrogen and oxygen atoms in total. The van der Waals surface area contributed by atoms with E-state index in [0.29, 0.717) is 24.9 Å². The van der Waals surface area contributed by atoms with Crippen molar-refractivity contribution in [1.82, 2.24) is 5.32 Å². The van der Waals surface area contributed by atoms with Crippen molar-refractivity contribution in [2.24, 2.45) is 0 Å². The predicted octanol–water partition coefficient (Wildman–Crippen LogP) is 4.07. The van der Waals surface area contributed by atoms with Gasteiger partial charge in [-0.2, -0.15) is 0 Å². The van der Waals surface area contributed by atoms with Crippen molar-refractivity contribution >= 4 is 23.0 Å². The first-order valence-electron chi connectivity index (χ1n) is 8.05. The summed E-state index contributed by atoms with van der Waals surface area (Å²) >= 11 is 5.30. The molecule has 0 heterocycles. The summed E-state index contributed by atoms with van der Waals surface area (Å²) in [4.78, 5) is 0. The summed E-state index contributed by atoms with van der Waals surface area (Å²) in [6.45, 7) is 7.92. The Kier molecular flexibility index (Phi) is 6.88. The quantitative estimate of drug-likeness (QED) is 0.585. The van der Waals surface area contributed by atoms with Gasteiger partial charge < -0.3 is 20.1 Å². The van der Waals surface area contributed by atoms with Gasteiger partial charge in [-0.05, 0) is 80.5 Å². The lowest BCUT2D eigenvalue weighted by molar-refractivity contribution is 0.319. The summed E-state index contributed by atoms with van der Waals surface area (Å²) in [6.07, 6.45) is 0. The Morgan fingerprint density at radius 3 is 2.12 bits per heavy atom. The van der Waals surface area contributed by atoms with E-state index in [9.17, 15) is 0 Å². The van der Waals surface area contributed by atoms with Gasteiger partial charge in [-0.25, -0.2) is 0 Å². The Balaban J connectivity index is 1.70. The van der Waals surface area contributed by atoms with Gasteiger partial charge in [-0.3, -0.25) is 0 Å². The van der Waals surface area contributed by atoms with E-state index in [1.54, 1.807) is 0 Å².